The van der Waals surface area contributed by atoms with Gasteiger partial charge in [-0.2, -0.15) is 0 Å². The maximum absolute atomic E-state index is 13.7. The van der Waals surface area contributed by atoms with Crippen molar-refractivity contribution >= 4 is 41.5 Å². The summed E-state index contributed by atoms with van der Waals surface area (Å²) in [4.78, 5) is 6.27. The molecule has 1 fully saturated rings. The van der Waals surface area contributed by atoms with Gasteiger partial charge in [0, 0.05) is 50.3 Å². The lowest BCUT2D eigenvalue weighted by Crippen LogP contribution is -2.41. The predicted octanol–water partition coefficient (Wildman–Crippen LogP) is 3.14. The molecule has 1 atom stereocenters. The van der Waals surface area contributed by atoms with E-state index in [1.54, 1.807) is 19.2 Å². The largest absolute Gasteiger partial charge is 0.381 e. The van der Waals surface area contributed by atoms with E-state index in [0.29, 0.717) is 23.0 Å². The zero-order valence-electron chi connectivity index (χ0n) is 12.8. The van der Waals surface area contributed by atoms with E-state index in [9.17, 15) is 4.39 Å². The molecule has 4 nitrogen and oxygen atoms in total. The highest BCUT2D eigenvalue weighted by molar-refractivity contribution is 14.0. The second-order valence-electron chi connectivity index (χ2n) is 5.21. The van der Waals surface area contributed by atoms with Crippen LogP contribution in [0, 0.1) is 11.7 Å². The Hall–Kier alpha value is -0.600. The molecule has 2 rings (SSSR count). The molecule has 7 heteroatoms. The van der Waals surface area contributed by atoms with E-state index in [-0.39, 0.29) is 29.8 Å². The van der Waals surface area contributed by atoms with Crippen molar-refractivity contribution in [2.45, 2.75) is 13.0 Å². The summed E-state index contributed by atoms with van der Waals surface area (Å²) in [6, 6.07) is 4.69. The van der Waals surface area contributed by atoms with Gasteiger partial charge in [0.2, 0.25) is 0 Å². The van der Waals surface area contributed by atoms with E-state index < -0.39 is 0 Å². The Labute approximate surface area is 153 Å². The number of hydrogen-bond donors (Lipinski definition) is 1. The number of nitrogens with one attached hydrogen (secondary N) is 1. The minimum absolute atomic E-state index is 0. The molecule has 1 N–H and O–H groups in total. The lowest BCUT2D eigenvalue weighted by molar-refractivity contribution is 0.181. The van der Waals surface area contributed by atoms with Gasteiger partial charge in [0.15, 0.2) is 5.96 Å². The van der Waals surface area contributed by atoms with Crippen molar-refractivity contribution in [3.8, 4) is 0 Å². The average molecular weight is 442 g/mol. The van der Waals surface area contributed by atoms with Crippen LogP contribution in [0.3, 0.4) is 0 Å². The van der Waals surface area contributed by atoms with E-state index >= 15 is 0 Å². The summed E-state index contributed by atoms with van der Waals surface area (Å²) in [5, 5.41) is 3.57. The van der Waals surface area contributed by atoms with E-state index in [1.165, 1.54) is 6.07 Å². The summed E-state index contributed by atoms with van der Waals surface area (Å²) in [5.41, 5.74) is 0.456. The number of guanidine groups is 1. The van der Waals surface area contributed by atoms with E-state index in [4.69, 9.17) is 16.3 Å². The van der Waals surface area contributed by atoms with Crippen LogP contribution >= 0.6 is 35.6 Å². The third-order valence-electron chi connectivity index (χ3n) is 3.61. The standard InChI is InChI=1S/C15H21ClFN3O.HI/c1-18-15(20(2)9-11-6-7-21-10-11)19-8-12-13(16)4-3-5-14(12)17;/h3-5,11H,6-10H2,1-2H3,(H,18,19);1H. The van der Waals surface area contributed by atoms with Crippen LogP contribution in [0.5, 0.6) is 0 Å². The average Bonchev–Trinajstić information content (AvgIpc) is 2.95. The molecule has 1 saturated heterocycles. The maximum Gasteiger partial charge on any atom is 0.193 e. The molecule has 0 bridgehead atoms. The van der Waals surface area contributed by atoms with Crippen molar-refractivity contribution in [2.75, 3.05) is 33.9 Å². The Balaban J connectivity index is 0.00000242. The Morgan fingerprint density at radius 1 is 1.55 bits per heavy atom. The van der Waals surface area contributed by atoms with Crippen molar-refractivity contribution in [3.05, 3.63) is 34.6 Å². The normalized spacial score (nSPS) is 18.0. The van der Waals surface area contributed by atoms with Crippen molar-refractivity contribution in [2.24, 2.45) is 10.9 Å². The molecular weight excluding hydrogens is 420 g/mol. The summed E-state index contributed by atoms with van der Waals surface area (Å²) >= 11 is 6.02. The highest BCUT2D eigenvalue weighted by Gasteiger charge is 2.19. The molecule has 0 radical (unpaired) electrons. The maximum atomic E-state index is 13.7. The van der Waals surface area contributed by atoms with Crippen LogP contribution in [-0.2, 0) is 11.3 Å². The second kappa shape index (κ2) is 9.52. The van der Waals surface area contributed by atoms with Crippen molar-refractivity contribution < 1.29 is 9.13 Å². The molecule has 0 saturated carbocycles. The number of nitrogens with zero attached hydrogens (tertiary/aromatic N) is 2. The lowest BCUT2D eigenvalue weighted by Gasteiger charge is -2.24. The SMILES string of the molecule is CN=C(NCc1c(F)cccc1Cl)N(C)CC1CCOC1.I. The van der Waals surface area contributed by atoms with Gasteiger partial charge in [-0.1, -0.05) is 17.7 Å². The second-order valence-corrected chi connectivity index (χ2v) is 5.62. The molecule has 1 unspecified atom stereocenters. The number of hydrogen-bond acceptors (Lipinski definition) is 2. The van der Waals surface area contributed by atoms with E-state index in [1.807, 2.05) is 11.9 Å². The fourth-order valence-electron chi connectivity index (χ4n) is 2.45. The summed E-state index contributed by atoms with van der Waals surface area (Å²) < 4.78 is 19.1. The number of ether oxygens (including phenoxy) is 1. The zero-order chi connectivity index (χ0) is 15.2. The van der Waals surface area contributed by atoms with Gasteiger partial charge >= 0.3 is 0 Å². The Bertz CT molecular complexity index is 489. The Morgan fingerprint density at radius 3 is 2.91 bits per heavy atom. The van der Waals surface area contributed by atoms with Crippen molar-refractivity contribution in [3.63, 3.8) is 0 Å². The van der Waals surface area contributed by atoms with Crippen LogP contribution in [0.4, 0.5) is 4.39 Å². The van der Waals surface area contributed by atoms with Gasteiger partial charge in [-0.05, 0) is 18.6 Å². The summed E-state index contributed by atoms with van der Waals surface area (Å²) in [6.45, 7) is 2.80. The van der Waals surface area contributed by atoms with Crippen LogP contribution < -0.4 is 5.32 Å². The topological polar surface area (TPSA) is 36.9 Å². The molecule has 0 aliphatic carbocycles. The molecule has 0 amide bonds. The quantitative estimate of drug-likeness (QED) is 0.443. The van der Waals surface area contributed by atoms with E-state index in [0.717, 1.165) is 32.1 Å². The first-order chi connectivity index (χ1) is 10.1. The van der Waals surface area contributed by atoms with Crippen molar-refractivity contribution in [1.29, 1.82) is 0 Å². The van der Waals surface area contributed by atoms with Gasteiger partial charge in [0.25, 0.3) is 0 Å². The smallest absolute Gasteiger partial charge is 0.193 e. The molecule has 124 valence electrons. The van der Waals surface area contributed by atoms with Crippen LogP contribution in [-0.4, -0.2) is 44.7 Å². The Kier molecular flexibility index (Phi) is 8.41. The van der Waals surface area contributed by atoms with Gasteiger partial charge in [-0.25, -0.2) is 4.39 Å². The fraction of sp³-hybridized carbons (Fsp3) is 0.533. The van der Waals surface area contributed by atoms with Gasteiger partial charge < -0.3 is 15.0 Å². The van der Waals surface area contributed by atoms with Crippen molar-refractivity contribution in [1.82, 2.24) is 10.2 Å². The third kappa shape index (κ3) is 5.24. The molecule has 1 aliphatic heterocycles. The minimum Gasteiger partial charge on any atom is -0.381 e. The monoisotopic (exact) mass is 441 g/mol. The lowest BCUT2D eigenvalue weighted by atomic mass is 10.1. The van der Waals surface area contributed by atoms with Crippen LogP contribution in [0.2, 0.25) is 5.02 Å². The highest BCUT2D eigenvalue weighted by Crippen LogP contribution is 2.18. The molecule has 1 heterocycles. The minimum atomic E-state index is -0.308. The predicted molar refractivity (Wildman–Crippen MR) is 98.6 cm³/mol. The first kappa shape index (κ1) is 19.4. The first-order valence-corrected chi connectivity index (χ1v) is 7.42. The number of halogens is 3. The number of rotatable bonds is 4. The van der Waals surface area contributed by atoms with Gasteiger partial charge in [0.1, 0.15) is 5.82 Å². The van der Waals surface area contributed by atoms with Gasteiger partial charge in [0.05, 0.1) is 6.61 Å². The fourth-order valence-corrected chi connectivity index (χ4v) is 2.68. The molecule has 0 aromatic heterocycles. The highest BCUT2D eigenvalue weighted by atomic mass is 127. The van der Waals surface area contributed by atoms with Gasteiger partial charge in [-0.3, -0.25) is 4.99 Å². The molecule has 1 aromatic rings. The summed E-state index contributed by atoms with van der Waals surface area (Å²) in [6.07, 6.45) is 1.07. The number of aliphatic imine (C=N–C) groups is 1. The van der Waals surface area contributed by atoms with Crippen LogP contribution in [0.1, 0.15) is 12.0 Å². The van der Waals surface area contributed by atoms with Crippen LogP contribution in [0.15, 0.2) is 23.2 Å². The molecule has 1 aliphatic rings. The molecule has 1 aromatic carbocycles. The molecule has 22 heavy (non-hydrogen) atoms. The van der Waals surface area contributed by atoms with Gasteiger partial charge in [-0.15, -0.1) is 24.0 Å². The first-order valence-electron chi connectivity index (χ1n) is 7.04. The summed E-state index contributed by atoms with van der Waals surface area (Å²) in [7, 11) is 3.68. The van der Waals surface area contributed by atoms with E-state index in [2.05, 4.69) is 10.3 Å². The zero-order valence-corrected chi connectivity index (χ0v) is 15.9. The van der Waals surface area contributed by atoms with Crippen LogP contribution in [0.25, 0.3) is 0 Å². The number of benzene rings is 1. The molecule has 0 spiro atoms. The molecular formula is C15H22ClFIN3O. The third-order valence-corrected chi connectivity index (χ3v) is 3.97. The Morgan fingerprint density at radius 2 is 2.32 bits per heavy atom. The summed E-state index contributed by atoms with van der Waals surface area (Å²) in [5.74, 6) is 0.934.